The van der Waals surface area contributed by atoms with E-state index in [1.54, 1.807) is 18.2 Å². The lowest BCUT2D eigenvalue weighted by Gasteiger charge is -2.33. The maximum Gasteiger partial charge on any atom is 0.278 e. The minimum atomic E-state index is -0.267. The van der Waals surface area contributed by atoms with Gasteiger partial charge in [-0.25, -0.2) is 5.06 Å². The molecule has 0 aromatic heterocycles. The Morgan fingerprint density at radius 1 is 1.35 bits per heavy atom. The molecular weight excluding hydrogens is 218 g/mol. The molecule has 1 aromatic rings. The molecule has 1 aliphatic heterocycles. The van der Waals surface area contributed by atoms with Crippen molar-refractivity contribution in [3.05, 3.63) is 29.3 Å². The number of fused-ring (bicyclic) bond motifs is 1. The van der Waals surface area contributed by atoms with Crippen LogP contribution in [-0.4, -0.2) is 23.2 Å². The molecule has 1 atom stereocenters. The van der Waals surface area contributed by atoms with E-state index in [9.17, 15) is 9.90 Å². The Morgan fingerprint density at radius 2 is 2.00 bits per heavy atom. The lowest BCUT2D eigenvalue weighted by Crippen LogP contribution is -2.34. The molecule has 1 aliphatic rings. The summed E-state index contributed by atoms with van der Waals surface area (Å²) >= 11 is 0. The number of carbonyl (C=O) groups is 1. The first-order valence-corrected chi connectivity index (χ1v) is 5.57. The average Bonchev–Trinajstić information content (AvgIpc) is 2.53. The number of hydrogen-bond donors (Lipinski definition) is 1. The second-order valence-electron chi connectivity index (χ2n) is 5.32. The molecule has 1 amide bonds. The van der Waals surface area contributed by atoms with Gasteiger partial charge in [0.05, 0.1) is 18.7 Å². The molecule has 17 heavy (non-hydrogen) atoms. The SMILES string of the molecule is CON1C(=O)c2cccc(O)c2C1C(C)(C)C. The number of aromatic hydroxyl groups is 1. The van der Waals surface area contributed by atoms with E-state index in [2.05, 4.69) is 0 Å². The second kappa shape index (κ2) is 3.74. The van der Waals surface area contributed by atoms with E-state index in [1.165, 1.54) is 12.2 Å². The lowest BCUT2D eigenvalue weighted by molar-refractivity contribution is -0.141. The number of hydrogen-bond acceptors (Lipinski definition) is 3. The number of hydroxylamine groups is 2. The van der Waals surface area contributed by atoms with Crippen LogP contribution in [0.5, 0.6) is 5.75 Å². The van der Waals surface area contributed by atoms with E-state index >= 15 is 0 Å². The third kappa shape index (κ3) is 1.69. The summed E-state index contributed by atoms with van der Waals surface area (Å²) < 4.78 is 0. The number of amides is 1. The third-order valence-corrected chi connectivity index (χ3v) is 3.04. The molecule has 0 aliphatic carbocycles. The zero-order valence-corrected chi connectivity index (χ0v) is 10.5. The van der Waals surface area contributed by atoms with Crippen LogP contribution in [0.3, 0.4) is 0 Å². The van der Waals surface area contributed by atoms with Crippen LogP contribution in [0, 0.1) is 5.41 Å². The van der Waals surface area contributed by atoms with Crippen LogP contribution < -0.4 is 0 Å². The fourth-order valence-corrected chi connectivity index (χ4v) is 2.35. The maximum absolute atomic E-state index is 12.1. The molecule has 0 saturated carbocycles. The smallest absolute Gasteiger partial charge is 0.278 e. The minimum Gasteiger partial charge on any atom is -0.508 e. The Morgan fingerprint density at radius 3 is 2.53 bits per heavy atom. The molecule has 1 heterocycles. The van der Waals surface area contributed by atoms with Gasteiger partial charge in [-0.15, -0.1) is 0 Å². The minimum absolute atomic E-state index is 0.148. The summed E-state index contributed by atoms with van der Waals surface area (Å²) in [5, 5.41) is 11.3. The molecule has 1 unspecified atom stereocenters. The molecule has 92 valence electrons. The van der Waals surface area contributed by atoms with Crippen LogP contribution in [0.1, 0.15) is 42.7 Å². The van der Waals surface area contributed by atoms with Gasteiger partial charge in [0.1, 0.15) is 5.75 Å². The summed E-state index contributed by atoms with van der Waals surface area (Å²) in [6, 6.07) is 4.72. The van der Waals surface area contributed by atoms with E-state index in [0.29, 0.717) is 11.1 Å². The van der Waals surface area contributed by atoms with Crippen LogP contribution in [0.25, 0.3) is 0 Å². The molecule has 2 rings (SSSR count). The van der Waals surface area contributed by atoms with Crippen molar-refractivity contribution in [3.8, 4) is 5.75 Å². The second-order valence-corrected chi connectivity index (χ2v) is 5.32. The summed E-state index contributed by atoms with van der Waals surface area (Å²) in [5.41, 5.74) is 0.967. The van der Waals surface area contributed by atoms with E-state index in [0.717, 1.165) is 0 Å². The first-order valence-electron chi connectivity index (χ1n) is 5.57. The van der Waals surface area contributed by atoms with Gasteiger partial charge in [-0.3, -0.25) is 9.63 Å². The van der Waals surface area contributed by atoms with Gasteiger partial charge >= 0.3 is 0 Å². The molecule has 4 nitrogen and oxygen atoms in total. The fraction of sp³-hybridized carbons (Fsp3) is 0.462. The van der Waals surface area contributed by atoms with Crippen molar-refractivity contribution in [3.63, 3.8) is 0 Å². The van der Waals surface area contributed by atoms with Crippen LogP contribution in [0.4, 0.5) is 0 Å². The predicted octanol–water partition coefficient (Wildman–Crippen LogP) is 2.50. The highest BCUT2D eigenvalue weighted by molar-refractivity contribution is 5.99. The molecule has 0 fully saturated rings. The summed E-state index contributed by atoms with van der Waals surface area (Å²) in [7, 11) is 1.47. The standard InChI is InChI=1S/C13H17NO3/c1-13(2,3)11-10-8(6-5-7-9(10)15)12(16)14(11)17-4/h5-7,11,15H,1-4H3. The Kier molecular flexibility index (Phi) is 2.62. The highest BCUT2D eigenvalue weighted by atomic mass is 16.7. The number of rotatable bonds is 1. The maximum atomic E-state index is 12.1. The summed E-state index contributed by atoms with van der Waals surface area (Å²) in [5.74, 6) is -0.0475. The number of phenols is 1. The molecule has 1 N–H and O–H groups in total. The van der Waals surface area contributed by atoms with Crippen molar-refractivity contribution in [1.29, 1.82) is 0 Å². The summed E-state index contributed by atoms with van der Waals surface area (Å²) in [6.07, 6.45) is 0. The van der Waals surface area contributed by atoms with Gasteiger partial charge in [0.15, 0.2) is 0 Å². The van der Waals surface area contributed by atoms with Crippen LogP contribution >= 0.6 is 0 Å². The van der Waals surface area contributed by atoms with Crippen LogP contribution in [-0.2, 0) is 4.84 Å². The lowest BCUT2D eigenvalue weighted by atomic mass is 9.82. The van der Waals surface area contributed by atoms with Crippen LogP contribution in [0.2, 0.25) is 0 Å². The Balaban J connectivity index is 2.64. The van der Waals surface area contributed by atoms with Gasteiger partial charge in [-0.05, 0) is 17.5 Å². The molecule has 0 bridgehead atoms. The summed E-state index contributed by atoms with van der Waals surface area (Å²) in [4.78, 5) is 17.3. The van der Waals surface area contributed by atoms with Gasteiger partial charge in [-0.1, -0.05) is 26.8 Å². The van der Waals surface area contributed by atoms with Crippen molar-refractivity contribution in [1.82, 2.24) is 5.06 Å². The predicted molar refractivity (Wildman–Crippen MR) is 63.5 cm³/mol. The molecular formula is C13H17NO3. The van der Waals surface area contributed by atoms with E-state index in [-0.39, 0.29) is 23.1 Å². The quantitative estimate of drug-likeness (QED) is 0.813. The number of nitrogens with zero attached hydrogens (tertiary/aromatic N) is 1. The molecule has 4 heteroatoms. The van der Waals surface area contributed by atoms with Gasteiger partial charge in [0, 0.05) is 5.56 Å². The largest absolute Gasteiger partial charge is 0.508 e. The van der Waals surface area contributed by atoms with E-state index in [4.69, 9.17) is 4.84 Å². The van der Waals surface area contributed by atoms with Crippen molar-refractivity contribution in [2.75, 3.05) is 7.11 Å². The van der Waals surface area contributed by atoms with Crippen molar-refractivity contribution in [2.24, 2.45) is 5.41 Å². The zero-order valence-electron chi connectivity index (χ0n) is 10.5. The highest BCUT2D eigenvalue weighted by Crippen LogP contribution is 2.48. The fourth-order valence-electron chi connectivity index (χ4n) is 2.35. The van der Waals surface area contributed by atoms with E-state index < -0.39 is 0 Å². The topological polar surface area (TPSA) is 49.8 Å². The normalized spacial score (nSPS) is 19.6. The summed E-state index contributed by atoms with van der Waals surface area (Å²) in [6.45, 7) is 6.04. The zero-order chi connectivity index (χ0) is 12.8. The molecule has 0 saturated heterocycles. The van der Waals surface area contributed by atoms with Crippen molar-refractivity contribution >= 4 is 5.91 Å². The average molecular weight is 235 g/mol. The van der Waals surface area contributed by atoms with Gasteiger partial charge in [0.2, 0.25) is 0 Å². The van der Waals surface area contributed by atoms with Crippen LogP contribution in [0.15, 0.2) is 18.2 Å². The van der Waals surface area contributed by atoms with Gasteiger partial charge in [-0.2, -0.15) is 0 Å². The van der Waals surface area contributed by atoms with Crippen molar-refractivity contribution in [2.45, 2.75) is 26.8 Å². The molecule has 1 aromatic carbocycles. The third-order valence-electron chi connectivity index (χ3n) is 3.04. The Bertz CT molecular complexity index is 462. The highest BCUT2D eigenvalue weighted by Gasteiger charge is 2.45. The van der Waals surface area contributed by atoms with E-state index in [1.807, 2.05) is 20.8 Å². The Hall–Kier alpha value is -1.55. The van der Waals surface area contributed by atoms with Gasteiger partial charge in [0.25, 0.3) is 5.91 Å². The molecule has 0 spiro atoms. The monoisotopic (exact) mass is 235 g/mol. The van der Waals surface area contributed by atoms with Crippen molar-refractivity contribution < 1.29 is 14.7 Å². The molecule has 0 radical (unpaired) electrons. The first kappa shape index (κ1) is 11.9. The Labute approximate surface area is 101 Å². The number of benzene rings is 1. The van der Waals surface area contributed by atoms with Gasteiger partial charge < -0.3 is 5.11 Å². The number of carbonyl (C=O) groups excluding carboxylic acids is 1. The first-order chi connectivity index (χ1) is 7.88. The number of phenolic OH excluding ortho intramolecular Hbond substituents is 1.